The van der Waals surface area contributed by atoms with Crippen LogP contribution in [0.2, 0.25) is 0 Å². The van der Waals surface area contributed by atoms with Crippen LogP contribution >= 0.6 is 11.3 Å². The Kier molecular flexibility index (Phi) is 7.37. The Morgan fingerprint density at radius 3 is 2.27 bits per heavy atom. The van der Waals surface area contributed by atoms with Crippen LogP contribution in [-0.2, 0) is 17.3 Å². The van der Waals surface area contributed by atoms with E-state index in [1.807, 2.05) is 28.6 Å². The maximum absolute atomic E-state index is 13.5. The summed E-state index contributed by atoms with van der Waals surface area (Å²) in [5, 5.41) is 22.9. The normalized spacial score (nSPS) is 19.4. The van der Waals surface area contributed by atoms with Gasteiger partial charge in [0.05, 0.1) is 11.6 Å². The number of Topliss-reactive ketones (excluding diaryl/α,β-unsaturated/α-hetero) is 1. The van der Waals surface area contributed by atoms with Crippen molar-refractivity contribution < 1.29 is 9.90 Å². The average molecular weight is 470 g/mol. The average Bonchev–Trinajstić information content (AvgIpc) is 3.31. The zero-order valence-electron chi connectivity index (χ0n) is 21.2. The molecule has 0 unspecified atom stereocenters. The summed E-state index contributed by atoms with van der Waals surface area (Å²) in [7, 11) is 0. The number of hydrogen-bond donors (Lipinski definition) is 2. The highest BCUT2D eigenvalue weighted by atomic mass is 32.1. The predicted octanol–water partition coefficient (Wildman–Crippen LogP) is 6.19. The minimum atomic E-state index is -0.286. The molecule has 33 heavy (non-hydrogen) atoms. The second-order valence-corrected chi connectivity index (χ2v) is 12.4. The number of thiazole rings is 1. The molecule has 0 saturated carbocycles. The van der Waals surface area contributed by atoms with Crippen molar-refractivity contribution in [1.29, 1.82) is 5.41 Å². The lowest BCUT2D eigenvalue weighted by molar-refractivity contribution is 0.0963. The third-order valence-electron chi connectivity index (χ3n) is 6.64. The van der Waals surface area contributed by atoms with E-state index in [1.54, 1.807) is 11.3 Å². The van der Waals surface area contributed by atoms with Gasteiger partial charge in [-0.1, -0.05) is 54.9 Å². The molecule has 2 aromatic rings. The van der Waals surface area contributed by atoms with Crippen LogP contribution in [0.15, 0.2) is 23.7 Å². The Balaban J connectivity index is 1.88. The van der Waals surface area contributed by atoms with Gasteiger partial charge in [0.25, 0.3) is 0 Å². The van der Waals surface area contributed by atoms with Crippen LogP contribution < -0.4 is 0 Å². The Morgan fingerprint density at radius 2 is 1.79 bits per heavy atom. The van der Waals surface area contributed by atoms with Crippen molar-refractivity contribution in [2.24, 2.45) is 11.8 Å². The number of aromatic hydroxyl groups is 1. The Morgan fingerprint density at radius 1 is 1.18 bits per heavy atom. The maximum atomic E-state index is 13.5. The monoisotopic (exact) mass is 469 g/mol. The lowest BCUT2D eigenvalue weighted by atomic mass is 9.78. The van der Waals surface area contributed by atoms with E-state index in [2.05, 4.69) is 53.5 Å². The van der Waals surface area contributed by atoms with E-state index < -0.39 is 0 Å². The molecule has 2 heterocycles. The number of nitrogens with zero attached hydrogens (tertiary/aromatic N) is 2. The van der Waals surface area contributed by atoms with E-state index in [-0.39, 0.29) is 34.8 Å². The molecule has 0 aliphatic carbocycles. The van der Waals surface area contributed by atoms with E-state index in [4.69, 9.17) is 5.41 Å². The third kappa shape index (κ3) is 5.65. The smallest absolute Gasteiger partial charge is 0.182 e. The first-order valence-electron chi connectivity index (χ1n) is 12.0. The number of rotatable bonds is 7. The van der Waals surface area contributed by atoms with Crippen LogP contribution in [0.4, 0.5) is 0 Å². The highest BCUT2D eigenvalue weighted by Crippen LogP contribution is 2.40. The molecule has 180 valence electrons. The zero-order valence-corrected chi connectivity index (χ0v) is 22.0. The first-order valence-corrected chi connectivity index (χ1v) is 12.8. The van der Waals surface area contributed by atoms with E-state index in [9.17, 15) is 9.90 Å². The highest BCUT2D eigenvalue weighted by Gasteiger charge is 2.38. The van der Waals surface area contributed by atoms with Crippen LogP contribution in [0.25, 0.3) is 0 Å². The van der Waals surface area contributed by atoms with Gasteiger partial charge in [0.2, 0.25) is 0 Å². The molecule has 1 aromatic carbocycles. The number of carbonyl (C=O) groups excluding carboxylic acids is 1. The molecule has 6 heteroatoms. The Labute approximate surface area is 202 Å². The minimum Gasteiger partial charge on any atom is -0.507 e. The van der Waals surface area contributed by atoms with Gasteiger partial charge >= 0.3 is 0 Å². The molecule has 2 atom stereocenters. The summed E-state index contributed by atoms with van der Waals surface area (Å²) < 4.78 is 0. The number of amidine groups is 1. The number of hydrogen-bond acceptors (Lipinski definition) is 5. The number of phenols is 1. The minimum absolute atomic E-state index is 0.000831. The second-order valence-electron chi connectivity index (χ2n) is 11.4. The SMILES string of the molecule is CCC[C@H]1CN(CC(=O)c2cc(C(C)(C)C)c(O)c(C(C)(C)C)c2)C(=N)[C@@H]1Cc1nccs1. The standard InChI is InChI=1S/C27H39N3O2S/c1-8-9-17-15-30(25(28)19(17)14-23-29-10-11-33-23)16-22(31)18-12-20(26(2,3)4)24(32)21(13-18)27(5,6)7/h10-13,17,19,28,32H,8-9,14-16H2,1-7H3/t17-,19+/m0/s1. The van der Waals surface area contributed by atoms with Gasteiger partial charge in [0, 0.05) is 47.2 Å². The summed E-state index contributed by atoms with van der Waals surface area (Å²) in [6, 6.07) is 3.70. The van der Waals surface area contributed by atoms with Gasteiger partial charge in [-0.05, 0) is 35.3 Å². The van der Waals surface area contributed by atoms with Gasteiger partial charge in [-0.15, -0.1) is 11.3 Å². The van der Waals surface area contributed by atoms with Crippen molar-refractivity contribution in [2.75, 3.05) is 13.1 Å². The summed E-state index contributed by atoms with van der Waals surface area (Å²) in [6.07, 6.45) is 4.70. The fourth-order valence-electron chi connectivity index (χ4n) is 4.79. The fraction of sp³-hybridized carbons (Fsp3) is 0.593. The molecular weight excluding hydrogens is 430 g/mol. The molecule has 0 spiro atoms. The summed E-state index contributed by atoms with van der Waals surface area (Å²) in [4.78, 5) is 19.9. The van der Waals surface area contributed by atoms with Gasteiger partial charge in [-0.3, -0.25) is 10.2 Å². The van der Waals surface area contributed by atoms with Crippen molar-refractivity contribution in [2.45, 2.75) is 78.6 Å². The van der Waals surface area contributed by atoms with Gasteiger partial charge in [0.15, 0.2) is 5.78 Å². The number of aromatic nitrogens is 1. The molecule has 1 fully saturated rings. The van der Waals surface area contributed by atoms with E-state index in [0.29, 0.717) is 17.3 Å². The van der Waals surface area contributed by atoms with Gasteiger partial charge < -0.3 is 10.0 Å². The molecule has 1 aromatic heterocycles. The lowest BCUT2D eigenvalue weighted by Gasteiger charge is -2.28. The fourth-order valence-corrected chi connectivity index (χ4v) is 5.46. The van der Waals surface area contributed by atoms with Crippen molar-refractivity contribution in [3.63, 3.8) is 0 Å². The second kappa shape index (κ2) is 9.57. The molecule has 0 radical (unpaired) electrons. The van der Waals surface area contributed by atoms with E-state index in [1.165, 1.54) is 0 Å². The molecule has 1 aliphatic rings. The summed E-state index contributed by atoms with van der Waals surface area (Å²) in [6.45, 7) is 15.4. The molecule has 5 nitrogen and oxygen atoms in total. The summed E-state index contributed by atoms with van der Waals surface area (Å²) in [5.74, 6) is 1.32. The number of carbonyl (C=O) groups is 1. The predicted molar refractivity (Wildman–Crippen MR) is 137 cm³/mol. The molecular formula is C27H39N3O2S. The molecule has 1 saturated heterocycles. The number of phenolic OH excluding ortho intramolecular Hbond substituents is 1. The van der Waals surface area contributed by atoms with Crippen LogP contribution in [0, 0.1) is 17.2 Å². The number of ketones is 1. The number of likely N-dealkylation sites (tertiary alicyclic amines) is 1. The van der Waals surface area contributed by atoms with Crippen molar-refractivity contribution in [3.8, 4) is 5.75 Å². The number of benzene rings is 1. The van der Waals surface area contributed by atoms with Gasteiger partial charge in [-0.25, -0.2) is 4.98 Å². The van der Waals surface area contributed by atoms with Crippen molar-refractivity contribution >= 4 is 23.0 Å². The van der Waals surface area contributed by atoms with Gasteiger partial charge in [-0.2, -0.15) is 0 Å². The topological polar surface area (TPSA) is 77.3 Å². The summed E-state index contributed by atoms with van der Waals surface area (Å²) in [5.41, 5.74) is 1.63. The molecule has 2 N–H and O–H groups in total. The van der Waals surface area contributed by atoms with Crippen LogP contribution in [0.5, 0.6) is 5.75 Å². The molecule has 0 amide bonds. The lowest BCUT2D eigenvalue weighted by Crippen LogP contribution is -2.33. The van der Waals surface area contributed by atoms with Crippen molar-refractivity contribution in [3.05, 3.63) is 45.4 Å². The third-order valence-corrected chi connectivity index (χ3v) is 7.44. The van der Waals surface area contributed by atoms with Crippen LogP contribution in [0.3, 0.4) is 0 Å². The number of nitrogens with one attached hydrogen (secondary N) is 1. The van der Waals surface area contributed by atoms with Crippen molar-refractivity contribution in [1.82, 2.24) is 9.88 Å². The first kappa shape index (κ1) is 25.4. The van der Waals surface area contributed by atoms with E-state index in [0.717, 1.165) is 41.9 Å². The van der Waals surface area contributed by atoms with Gasteiger partial charge in [0.1, 0.15) is 11.6 Å². The highest BCUT2D eigenvalue weighted by molar-refractivity contribution is 7.09. The van der Waals surface area contributed by atoms with E-state index >= 15 is 0 Å². The molecule has 3 rings (SSSR count). The van der Waals surface area contributed by atoms with Crippen LogP contribution in [0.1, 0.15) is 87.8 Å². The Hall–Kier alpha value is -2.21. The molecule has 1 aliphatic heterocycles. The summed E-state index contributed by atoms with van der Waals surface area (Å²) >= 11 is 1.64. The zero-order chi connectivity index (χ0) is 24.6. The largest absolute Gasteiger partial charge is 0.507 e. The quantitative estimate of drug-likeness (QED) is 0.474. The van der Waals surface area contributed by atoms with Crippen LogP contribution in [-0.4, -0.2) is 39.7 Å². The Bertz CT molecular complexity index is 964. The molecule has 0 bridgehead atoms. The first-order chi connectivity index (χ1) is 15.3. The maximum Gasteiger partial charge on any atom is 0.182 e.